The van der Waals surface area contributed by atoms with E-state index in [1.807, 2.05) is 13.8 Å². The van der Waals surface area contributed by atoms with E-state index >= 15 is 0 Å². The molecule has 1 heterocycles. The molecule has 0 saturated carbocycles. The highest BCUT2D eigenvalue weighted by Gasteiger charge is 2.34. The van der Waals surface area contributed by atoms with Crippen molar-refractivity contribution in [3.05, 3.63) is 48.0 Å². The second kappa shape index (κ2) is 9.58. The first-order chi connectivity index (χ1) is 15.1. The zero-order valence-corrected chi connectivity index (χ0v) is 19.1. The van der Waals surface area contributed by atoms with Gasteiger partial charge < -0.3 is 21.1 Å². The maximum absolute atomic E-state index is 13.4. The van der Waals surface area contributed by atoms with Gasteiger partial charge in [-0.2, -0.15) is 4.31 Å². The molecule has 32 heavy (non-hydrogen) atoms. The fourth-order valence-electron chi connectivity index (χ4n) is 3.94. The van der Waals surface area contributed by atoms with Gasteiger partial charge in [-0.1, -0.05) is 13.8 Å². The van der Waals surface area contributed by atoms with Gasteiger partial charge in [-0.25, -0.2) is 13.2 Å². The Bertz CT molecular complexity index is 1090. The molecular weight excluding hydrogens is 432 g/mol. The molecule has 2 aromatic rings. The summed E-state index contributed by atoms with van der Waals surface area (Å²) < 4.78 is 33.5. The molecular formula is C22H28N4O5S. The second-order valence-corrected chi connectivity index (χ2v) is 10.1. The standard InChI is InChI=1S/C22H28N4O5S/c1-14-10-15(2)13-26(12-14)32(29,30)20-11-16(4-9-19(20)31-3)21(27)24-17-5-7-18(8-6-17)25-22(23)28/h4-9,11,14-15H,10,12-13H2,1-3H3,(H,24,27)(H3,23,25,28). The monoisotopic (exact) mass is 460 g/mol. The number of amides is 3. The van der Waals surface area contributed by atoms with Crippen LogP contribution in [0.1, 0.15) is 30.6 Å². The van der Waals surface area contributed by atoms with Crippen LogP contribution in [0.2, 0.25) is 0 Å². The molecule has 2 atom stereocenters. The molecule has 0 aromatic heterocycles. The zero-order valence-electron chi connectivity index (χ0n) is 18.3. The van der Waals surface area contributed by atoms with Crippen LogP contribution in [0.5, 0.6) is 5.75 Å². The third-order valence-electron chi connectivity index (χ3n) is 5.29. The fourth-order valence-corrected chi connectivity index (χ4v) is 5.80. The van der Waals surface area contributed by atoms with E-state index in [1.54, 1.807) is 24.3 Å². The summed E-state index contributed by atoms with van der Waals surface area (Å²) in [5.74, 6) is 0.213. The number of sulfonamides is 1. The SMILES string of the molecule is COc1ccc(C(=O)Nc2ccc(NC(N)=O)cc2)cc1S(=O)(=O)N1CC(C)CC(C)C1. The number of nitrogens with zero attached hydrogens (tertiary/aromatic N) is 1. The van der Waals surface area contributed by atoms with E-state index < -0.39 is 22.0 Å². The Kier molecular flexibility index (Phi) is 7.05. The molecule has 3 rings (SSSR count). The Labute approximate surface area is 188 Å². The maximum Gasteiger partial charge on any atom is 0.316 e. The lowest BCUT2D eigenvalue weighted by atomic mass is 9.94. The van der Waals surface area contributed by atoms with Gasteiger partial charge in [-0.15, -0.1) is 0 Å². The van der Waals surface area contributed by atoms with Gasteiger partial charge in [0.2, 0.25) is 10.0 Å². The minimum Gasteiger partial charge on any atom is -0.495 e. The van der Waals surface area contributed by atoms with E-state index in [0.717, 1.165) is 6.42 Å². The van der Waals surface area contributed by atoms with Crippen LogP contribution in [0.25, 0.3) is 0 Å². The Morgan fingerprint density at radius 2 is 1.56 bits per heavy atom. The first-order valence-corrected chi connectivity index (χ1v) is 11.7. The predicted octanol–water partition coefficient (Wildman–Crippen LogP) is 3.10. The molecule has 2 aromatic carbocycles. The van der Waals surface area contributed by atoms with Crippen molar-refractivity contribution in [1.82, 2.24) is 4.31 Å². The summed E-state index contributed by atoms with van der Waals surface area (Å²) >= 11 is 0. The van der Waals surface area contributed by atoms with Crippen molar-refractivity contribution < 1.29 is 22.7 Å². The van der Waals surface area contributed by atoms with Gasteiger partial charge in [0, 0.05) is 30.0 Å². The van der Waals surface area contributed by atoms with Gasteiger partial charge in [0.1, 0.15) is 10.6 Å². The van der Waals surface area contributed by atoms with Crippen LogP contribution in [0.4, 0.5) is 16.2 Å². The molecule has 1 fully saturated rings. The number of hydrogen-bond acceptors (Lipinski definition) is 5. The number of piperidine rings is 1. The average molecular weight is 461 g/mol. The number of methoxy groups -OCH3 is 1. The van der Waals surface area contributed by atoms with Crippen molar-refractivity contribution in [3.63, 3.8) is 0 Å². The van der Waals surface area contributed by atoms with Crippen molar-refractivity contribution in [3.8, 4) is 5.75 Å². The second-order valence-electron chi connectivity index (χ2n) is 8.15. The smallest absolute Gasteiger partial charge is 0.316 e. The summed E-state index contributed by atoms with van der Waals surface area (Å²) in [5.41, 5.74) is 6.22. The lowest BCUT2D eigenvalue weighted by Gasteiger charge is -2.34. The summed E-state index contributed by atoms with van der Waals surface area (Å²) in [6, 6.07) is 10.0. The van der Waals surface area contributed by atoms with Crippen molar-refractivity contribution in [2.24, 2.45) is 17.6 Å². The quantitative estimate of drug-likeness (QED) is 0.610. The molecule has 1 aliphatic rings. The fraction of sp³-hybridized carbons (Fsp3) is 0.364. The summed E-state index contributed by atoms with van der Waals surface area (Å²) in [7, 11) is -2.44. The van der Waals surface area contributed by atoms with Crippen LogP contribution in [0, 0.1) is 11.8 Å². The van der Waals surface area contributed by atoms with Crippen molar-refractivity contribution in [2.45, 2.75) is 25.2 Å². The van der Waals surface area contributed by atoms with Crippen LogP contribution >= 0.6 is 0 Å². The lowest BCUT2D eigenvalue weighted by Crippen LogP contribution is -2.42. The predicted molar refractivity (Wildman–Crippen MR) is 122 cm³/mol. The normalized spacial score (nSPS) is 19.2. The highest BCUT2D eigenvalue weighted by atomic mass is 32.2. The number of rotatable bonds is 6. The van der Waals surface area contributed by atoms with Crippen molar-refractivity contribution in [2.75, 3.05) is 30.8 Å². The minimum atomic E-state index is -3.84. The van der Waals surface area contributed by atoms with Gasteiger partial charge in [-0.05, 0) is 60.7 Å². The molecule has 0 radical (unpaired) electrons. The number of urea groups is 1. The Hall–Kier alpha value is -3.11. The molecule has 4 N–H and O–H groups in total. The van der Waals surface area contributed by atoms with E-state index in [-0.39, 0.29) is 28.0 Å². The third-order valence-corrected chi connectivity index (χ3v) is 7.14. The molecule has 0 aliphatic carbocycles. The van der Waals surface area contributed by atoms with Crippen LogP contribution in [-0.2, 0) is 10.0 Å². The zero-order chi connectivity index (χ0) is 23.5. The van der Waals surface area contributed by atoms with E-state index in [1.165, 1.54) is 29.6 Å². The van der Waals surface area contributed by atoms with E-state index in [9.17, 15) is 18.0 Å². The third kappa shape index (κ3) is 5.38. The van der Waals surface area contributed by atoms with Crippen LogP contribution in [-0.4, -0.2) is 44.9 Å². The van der Waals surface area contributed by atoms with Gasteiger partial charge in [0.15, 0.2) is 0 Å². The molecule has 9 nitrogen and oxygen atoms in total. The van der Waals surface area contributed by atoms with Crippen LogP contribution in [0.3, 0.4) is 0 Å². The summed E-state index contributed by atoms with van der Waals surface area (Å²) in [6.45, 7) is 4.92. The van der Waals surface area contributed by atoms with Crippen LogP contribution < -0.4 is 21.1 Å². The number of primary amides is 1. The largest absolute Gasteiger partial charge is 0.495 e. The number of benzene rings is 2. The Morgan fingerprint density at radius 3 is 2.09 bits per heavy atom. The number of ether oxygens (including phenoxy) is 1. The summed E-state index contributed by atoms with van der Waals surface area (Å²) in [6.07, 6.45) is 0.972. The highest BCUT2D eigenvalue weighted by Crippen LogP contribution is 2.32. The van der Waals surface area contributed by atoms with E-state index in [2.05, 4.69) is 10.6 Å². The summed E-state index contributed by atoms with van der Waals surface area (Å²) in [4.78, 5) is 23.7. The number of hydrogen-bond donors (Lipinski definition) is 3. The van der Waals surface area contributed by atoms with Gasteiger partial charge in [0.05, 0.1) is 7.11 Å². The molecule has 1 aliphatic heterocycles. The lowest BCUT2D eigenvalue weighted by molar-refractivity contribution is 0.102. The van der Waals surface area contributed by atoms with Crippen LogP contribution in [0.15, 0.2) is 47.4 Å². The molecule has 1 saturated heterocycles. The molecule has 172 valence electrons. The maximum atomic E-state index is 13.4. The molecule has 3 amide bonds. The van der Waals surface area contributed by atoms with Gasteiger partial charge in [0.25, 0.3) is 5.91 Å². The number of anilines is 2. The highest BCUT2D eigenvalue weighted by molar-refractivity contribution is 7.89. The topological polar surface area (TPSA) is 131 Å². The Morgan fingerprint density at radius 1 is 1.00 bits per heavy atom. The Balaban J connectivity index is 1.85. The number of nitrogens with one attached hydrogen (secondary N) is 2. The number of nitrogens with two attached hydrogens (primary N) is 1. The first kappa shape index (κ1) is 23.6. The van der Waals surface area contributed by atoms with Gasteiger partial charge in [-0.3, -0.25) is 4.79 Å². The minimum absolute atomic E-state index is 0.0324. The number of carbonyl (C=O) groups is 2. The molecule has 0 spiro atoms. The van der Waals surface area contributed by atoms with Gasteiger partial charge >= 0.3 is 6.03 Å². The first-order valence-electron chi connectivity index (χ1n) is 10.3. The molecule has 10 heteroatoms. The van der Waals surface area contributed by atoms with Crippen molar-refractivity contribution in [1.29, 1.82) is 0 Å². The van der Waals surface area contributed by atoms with E-state index in [4.69, 9.17) is 10.5 Å². The van der Waals surface area contributed by atoms with E-state index in [0.29, 0.717) is 24.5 Å². The molecule has 0 bridgehead atoms. The van der Waals surface area contributed by atoms with Crippen molar-refractivity contribution >= 4 is 33.3 Å². The summed E-state index contributed by atoms with van der Waals surface area (Å²) in [5, 5.41) is 5.15. The number of carbonyl (C=O) groups excluding carboxylic acids is 2. The average Bonchev–Trinajstić information content (AvgIpc) is 2.73. The molecule has 2 unspecified atom stereocenters.